The first-order valence-electron chi connectivity index (χ1n) is 6.67. The van der Waals surface area contributed by atoms with Crippen molar-refractivity contribution in [2.75, 3.05) is 12.3 Å². The molecule has 1 aromatic rings. The number of rotatable bonds is 4. The quantitative estimate of drug-likeness (QED) is 0.641. The van der Waals surface area contributed by atoms with E-state index in [4.69, 9.17) is 34.3 Å². The van der Waals surface area contributed by atoms with Gasteiger partial charge in [0.15, 0.2) is 6.23 Å². The summed E-state index contributed by atoms with van der Waals surface area (Å²) >= 11 is 10.5. The van der Waals surface area contributed by atoms with E-state index in [1.54, 1.807) is 0 Å². The molecule has 4 atom stereocenters. The molecule has 0 amide bonds. The Kier molecular flexibility index (Phi) is 4.75. The van der Waals surface area contributed by atoms with Gasteiger partial charge in [0.1, 0.15) is 24.1 Å². The third kappa shape index (κ3) is 3.80. The van der Waals surface area contributed by atoms with E-state index in [2.05, 4.69) is 9.51 Å². The van der Waals surface area contributed by atoms with Gasteiger partial charge >= 0.3 is 11.8 Å². The minimum atomic E-state index is -3.84. The van der Waals surface area contributed by atoms with Crippen LogP contribution in [-0.2, 0) is 13.8 Å². The number of aliphatic hydroxyl groups is 2. The zero-order valence-corrected chi connectivity index (χ0v) is 13.4. The lowest BCUT2D eigenvalue weighted by atomic mass is 10.1. The molecule has 1 fully saturated rings. The number of aryl methyl sites for hydroxylation is 1. The average Bonchev–Trinajstić information content (AvgIpc) is 2.73. The Morgan fingerprint density at radius 2 is 2.27 bits per heavy atom. The van der Waals surface area contributed by atoms with Gasteiger partial charge in [0.2, 0.25) is 0 Å². The van der Waals surface area contributed by atoms with Gasteiger partial charge in [-0.15, -0.1) is 0 Å². The summed E-state index contributed by atoms with van der Waals surface area (Å²) in [6, 6.07) is 0. The normalized spacial score (nSPS) is 29.5. The maximum absolute atomic E-state index is 11.9. The van der Waals surface area contributed by atoms with Crippen molar-refractivity contribution in [2.24, 2.45) is 0 Å². The van der Waals surface area contributed by atoms with Gasteiger partial charge in [-0.3, -0.25) is 9.13 Å². The molecule has 0 aromatic carbocycles. The average molecular weight is 376 g/mol. The molecule has 2 heterocycles. The molecule has 124 valence electrons. The van der Waals surface area contributed by atoms with Crippen LogP contribution in [0, 0.1) is 6.90 Å². The second-order valence-electron chi connectivity index (χ2n) is 4.60. The summed E-state index contributed by atoms with van der Waals surface area (Å²) in [6.07, 6.45) is -7.95. The standard InChI is InChI=1S/C10H14Cl2N3O6P/c1-4-2-15(10(18)14-8(4)13)9-7(17)6(16)5(21-9)3-20-22(11,12)19/h2,5-7,9,16-17H,3H2,1H3,(H2,13,14,18)/t5-,6?,7+,9-/m1/s1/i1T. The third-order valence-electron chi connectivity index (χ3n) is 3.06. The summed E-state index contributed by atoms with van der Waals surface area (Å²) in [5.74, 6) is -0.0978. The number of ether oxygens (including phenoxy) is 1. The van der Waals surface area contributed by atoms with Gasteiger partial charge < -0.3 is 25.2 Å². The predicted octanol–water partition coefficient (Wildman–Crippen LogP) is 0.355. The number of anilines is 1. The van der Waals surface area contributed by atoms with Gasteiger partial charge in [0.05, 0.1) is 6.61 Å². The smallest absolute Gasteiger partial charge is 0.380 e. The monoisotopic (exact) mass is 375 g/mol. The fourth-order valence-electron chi connectivity index (χ4n) is 1.96. The van der Waals surface area contributed by atoms with E-state index in [0.29, 0.717) is 0 Å². The highest BCUT2D eigenvalue weighted by Crippen LogP contribution is 2.57. The van der Waals surface area contributed by atoms with Crippen LogP contribution in [0.4, 0.5) is 5.82 Å². The maximum Gasteiger partial charge on any atom is 0.380 e. The molecule has 9 nitrogen and oxygen atoms in total. The van der Waals surface area contributed by atoms with E-state index in [1.807, 2.05) is 0 Å². The van der Waals surface area contributed by atoms with Crippen molar-refractivity contribution in [1.82, 2.24) is 9.55 Å². The van der Waals surface area contributed by atoms with E-state index in [1.165, 1.54) is 6.20 Å². The number of nitrogen functional groups attached to an aromatic ring is 1. The molecule has 1 aliphatic rings. The molecule has 0 aliphatic carbocycles. The number of halogens is 2. The van der Waals surface area contributed by atoms with Crippen LogP contribution in [0.3, 0.4) is 0 Å². The second-order valence-corrected chi connectivity index (χ2v) is 8.87. The van der Waals surface area contributed by atoms with Crippen molar-refractivity contribution in [3.63, 3.8) is 0 Å². The molecule has 0 radical (unpaired) electrons. The van der Waals surface area contributed by atoms with Crippen molar-refractivity contribution in [1.29, 1.82) is 0 Å². The minimum Gasteiger partial charge on any atom is -0.387 e. The van der Waals surface area contributed by atoms with Crippen molar-refractivity contribution in [3.05, 3.63) is 22.2 Å². The van der Waals surface area contributed by atoms with Gasteiger partial charge in [-0.2, -0.15) is 4.98 Å². The van der Waals surface area contributed by atoms with E-state index < -0.39 is 42.9 Å². The van der Waals surface area contributed by atoms with E-state index >= 15 is 0 Å². The van der Waals surface area contributed by atoms with Crippen LogP contribution < -0.4 is 11.4 Å². The fraction of sp³-hybridized carbons (Fsp3) is 0.600. The van der Waals surface area contributed by atoms with Gasteiger partial charge in [0, 0.05) is 13.1 Å². The summed E-state index contributed by atoms with van der Waals surface area (Å²) in [5.41, 5.74) is 4.94. The first-order valence-corrected chi connectivity index (χ1v) is 9.39. The van der Waals surface area contributed by atoms with E-state index in [0.717, 1.165) is 4.57 Å². The Balaban J connectivity index is 2.24. The molecular formula is C10H14Cl2N3O6P. The van der Waals surface area contributed by atoms with Gasteiger partial charge in [-0.25, -0.2) is 4.79 Å². The molecule has 12 heteroatoms. The molecule has 1 saturated heterocycles. The van der Waals surface area contributed by atoms with Crippen LogP contribution in [0.15, 0.2) is 11.0 Å². The highest BCUT2D eigenvalue weighted by atomic mass is 35.9. The van der Waals surface area contributed by atoms with Crippen LogP contribution in [0.1, 0.15) is 13.2 Å². The van der Waals surface area contributed by atoms with Gasteiger partial charge in [-0.1, -0.05) is 0 Å². The zero-order valence-electron chi connectivity index (χ0n) is 12.0. The number of nitrogens with zero attached hydrogens (tertiary/aromatic N) is 2. The number of aromatic nitrogens is 2. The number of nitrogens with two attached hydrogens (primary N) is 1. The molecule has 0 spiro atoms. The van der Waals surface area contributed by atoms with Crippen molar-refractivity contribution in [2.45, 2.75) is 31.4 Å². The molecular weight excluding hydrogens is 360 g/mol. The maximum atomic E-state index is 11.9. The van der Waals surface area contributed by atoms with Crippen molar-refractivity contribution >= 4 is 34.4 Å². The topological polar surface area (TPSA) is 137 Å². The largest absolute Gasteiger partial charge is 0.387 e. The highest BCUT2D eigenvalue weighted by molar-refractivity contribution is 8.05. The summed E-state index contributed by atoms with van der Waals surface area (Å²) in [4.78, 5) is 15.4. The Morgan fingerprint density at radius 3 is 2.86 bits per heavy atom. The highest BCUT2D eigenvalue weighted by Gasteiger charge is 2.45. The van der Waals surface area contributed by atoms with Gasteiger partial charge in [0.25, 0.3) is 0 Å². The summed E-state index contributed by atoms with van der Waals surface area (Å²) in [5, 5.41) is 20.0. The van der Waals surface area contributed by atoms with Crippen LogP contribution in [0.25, 0.3) is 0 Å². The molecule has 1 unspecified atom stereocenters. The number of hydrogen-bond acceptors (Lipinski definition) is 8. The lowest BCUT2D eigenvalue weighted by Crippen LogP contribution is -2.36. The molecule has 0 saturated carbocycles. The number of hydrogen-bond donors (Lipinski definition) is 3. The van der Waals surface area contributed by atoms with Crippen LogP contribution >= 0.6 is 28.6 Å². The first kappa shape index (κ1) is 16.2. The van der Waals surface area contributed by atoms with Crippen molar-refractivity contribution < 1.29 is 25.4 Å². The third-order valence-corrected chi connectivity index (χ3v) is 4.10. The second kappa shape index (κ2) is 6.45. The molecule has 22 heavy (non-hydrogen) atoms. The summed E-state index contributed by atoms with van der Waals surface area (Å²) in [6.45, 7) is -0.694. The first-order chi connectivity index (χ1) is 10.6. The Morgan fingerprint density at radius 1 is 1.59 bits per heavy atom. The molecule has 4 N–H and O–H groups in total. The zero-order chi connectivity index (χ0) is 17.4. The molecule has 2 rings (SSSR count). The molecule has 0 bridgehead atoms. The Bertz CT molecular complexity index is 685. The fourth-order valence-corrected chi connectivity index (χ4v) is 2.62. The number of aliphatic hydroxyl groups excluding tert-OH is 2. The summed E-state index contributed by atoms with van der Waals surface area (Å²) < 4.78 is 29.3. The van der Waals surface area contributed by atoms with Gasteiger partial charge in [-0.05, 0) is 29.4 Å². The SMILES string of the molecule is [3H]Cc1cn([C@@H]2O[C@H](COP(=O)(Cl)Cl)C(O)[C@@H]2O)c(=O)nc1N. The Hall–Kier alpha value is -0.670. The summed E-state index contributed by atoms with van der Waals surface area (Å²) in [7, 11) is 0. The lowest BCUT2D eigenvalue weighted by molar-refractivity contribution is -0.0507. The minimum absolute atomic E-state index is 0.0978. The van der Waals surface area contributed by atoms with E-state index in [9.17, 15) is 19.6 Å². The lowest BCUT2D eigenvalue weighted by Gasteiger charge is -2.18. The molecule has 1 aliphatic heterocycles. The van der Waals surface area contributed by atoms with E-state index in [-0.39, 0.29) is 18.3 Å². The van der Waals surface area contributed by atoms with Crippen LogP contribution in [0.2, 0.25) is 0 Å². The Labute approximate surface area is 136 Å². The van der Waals surface area contributed by atoms with Crippen molar-refractivity contribution in [3.8, 4) is 0 Å². The predicted molar refractivity (Wildman–Crippen MR) is 78.8 cm³/mol. The van der Waals surface area contributed by atoms with Crippen LogP contribution in [0.5, 0.6) is 0 Å². The molecule has 1 aromatic heterocycles. The van der Waals surface area contributed by atoms with Crippen LogP contribution in [-0.4, -0.2) is 44.7 Å².